The van der Waals surface area contributed by atoms with Crippen LogP contribution in [0.1, 0.15) is 23.6 Å². The summed E-state index contributed by atoms with van der Waals surface area (Å²) in [7, 11) is 3.83. The van der Waals surface area contributed by atoms with Crippen molar-refractivity contribution in [2.45, 2.75) is 13.8 Å². The predicted molar refractivity (Wildman–Crippen MR) is 92.2 cm³/mol. The van der Waals surface area contributed by atoms with Crippen molar-refractivity contribution in [2.75, 3.05) is 19.0 Å². The average Bonchev–Trinajstić information content (AvgIpc) is 2.46. The zero-order valence-electron chi connectivity index (χ0n) is 13.4. The number of benzene rings is 2. The Morgan fingerprint density at radius 3 is 2.23 bits per heavy atom. The zero-order chi connectivity index (χ0) is 16.3. The number of nitrogens with zero attached hydrogens (tertiary/aromatic N) is 1. The van der Waals surface area contributed by atoms with E-state index < -0.39 is 0 Å². The van der Waals surface area contributed by atoms with Crippen LogP contribution in [0, 0.1) is 6.92 Å². The lowest BCUT2D eigenvalue weighted by atomic mass is 9.98. The number of hydrogen-bond acceptors (Lipinski definition) is 3. The Hall–Kier alpha value is -2.55. The quantitative estimate of drug-likeness (QED) is 0.687. The summed E-state index contributed by atoms with van der Waals surface area (Å²) in [5.74, 6) is 0.136. The number of Topliss-reactive ketones (excluding diaryl/α,β-unsaturated/α-hetero) is 1. The van der Waals surface area contributed by atoms with Crippen molar-refractivity contribution in [3.05, 3.63) is 59.2 Å². The second kappa shape index (κ2) is 6.48. The molecule has 0 unspecified atom stereocenters. The maximum absolute atomic E-state index is 12.0. The molecule has 1 N–H and O–H groups in total. The summed E-state index contributed by atoms with van der Waals surface area (Å²) < 4.78 is 0. The second-order valence-corrected chi connectivity index (χ2v) is 5.62. The summed E-state index contributed by atoms with van der Waals surface area (Å²) >= 11 is 0. The predicted octanol–water partition coefficient (Wildman–Crippen LogP) is 3.90. The lowest BCUT2D eigenvalue weighted by Gasteiger charge is -2.13. The normalized spacial score (nSPS) is 11.4. The Bertz CT molecular complexity index is 713. The van der Waals surface area contributed by atoms with Crippen molar-refractivity contribution in [3.63, 3.8) is 0 Å². The van der Waals surface area contributed by atoms with Gasteiger partial charge in [0, 0.05) is 37.0 Å². The first-order valence-corrected chi connectivity index (χ1v) is 7.18. The van der Waals surface area contributed by atoms with E-state index in [1.165, 1.54) is 6.92 Å². The van der Waals surface area contributed by atoms with Crippen LogP contribution in [-0.2, 0) is 4.79 Å². The average molecular weight is 295 g/mol. The van der Waals surface area contributed by atoms with Gasteiger partial charge in [-0.25, -0.2) is 0 Å². The van der Waals surface area contributed by atoms with Crippen LogP contribution in [0.5, 0.6) is 5.75 Å². The van der Waals surface area contributed by atoms with Gasteiger partial charge in [0.2, 0.25) is 0 Å². The smallest absolute Gasteiger partial charge is 0.160 e. The third-order valence-electron chi connectivity index (χ3n) is 3.57. The number of aryl methyl sites for hydroxylation is 1. The first kappa shape index (κ1) is 15.8. The minimum absolute atomic E-state index is 0.0278. The number of allylic oxidation sites excluding steroid dienone is 1. The highest BCUT2D eigenvalue weighted by Gasteiger charge is 2.09. The van der Waals surface area contributed by atoms with Crippen LogP contribution >= 0.6 is 0 Å². The molecule has 2 aromatic rings. The summed E-state index contributed by atoms with van der Waals surface area (Å²) in [4.78, 5) is 13.9. The molecule has 2 rings (SSSR count). The molecule has 0 heterocycles. The third kappa shape index (κ3) is 3.55. The summed E-state index contributed by atoms with van der Waals surface area (Å²) in [6.45, 7) is 3.55. The number of aromatic hydroxyl groups is 1. The number of hydrogen-bond donors (Lipinski definition) is 1. The van der Waals surface area contributed by atoms with Crippen LogP contribution in [0.15, 0.2) is 42.5 Å². The molecule has 0 saturated heterocycles. The van der Waals surface area contributed by atoms with E-state index >= 15 is 0 Å². The van der Waals surface area contributed by atoms with E-state index in [-0.39, 0.29) is 11.5 Å². The van der Waals surface area contributed by atoms with Crippen LogP contribution in [0.25, 0.3) is 11.6 Å². The first-order valence-electron chi connectivity index (χ1n) is 7.18. The molecule has 0 aliphatic rings. The number of ketones is 1. The molecule has 0 amide bonds. The van der Waals surface area contributed by atoms with E-state index in [0.717, 1.165) is 16.8 Å². The SMILES string of the molecule is CC(=O)C(=Cc1ccc(N(C)C)cc1O)c1ccc(C)cc1. The van der Waals surface area contributed by atoms with Crippen LogP contribution in [0.2, 0.25) is 0 Å². The number of phenols is 1. The van der Waals surface area contributed by atoms with Gasteiger partial charge in [-0.2, -0.15) is 0 Å². The monoisotopic (exact) mass is 295 g/mol. The zero-order valence-corrected chi connectivity index (χ0v) is 13.4. The molecule has 3 nitrogen and oxygen atoms in total. The molecule has 0 aromatic heterocycles. The molecule has 0 radical (unpaired) electrons. The number of phenolic OH excluding ortho intramolecular Hbond substituents is 1. The molecule has 0 spiro atoms. The number of anilines is 1. The maximum Gasteiger partial charge on any atom is 0.160 e. The van der Waals surface area contributed by atoms with Gasteiger partial charge in [-0.3, -0.25) is 4.79 Å². The molecule has 22 heavy (non-hydrogen) atoms. The number of carbonyl (C=O) groups excluding carboxylic acids is 1. The highest BCUT2D eigenvalue weighted by Crippen LogP contribution is 2.28. The van der Waals surface area contributed by atoms with Crippen molar-refractivity contribution >= 4 is 23.1 Å². The summed E-state index contributed by atoms with van der Waals surface area (Å²) in [5.41, 5.74) is 4.14. The molecule has 3 heteroatoms. The minimum atomic E-state index is -0.0278. The van der Waals surface area contributed by atoms with Gasteiger partial charge >= 0.3 is 0 Å². The highest BCUT2D eigenvalue weighted by molar-refractivity contribution is 6.24. The van der Waals surface area contributed by atoms with Gasteiger partial charge in [-0.1, -0.05) is 29.8 Å². The molecular weight excluding hydrogens is 274 g/mol. The molecular formula is C19H21NO2. The van der Waals surface area contributed by atoms with Crippen LogP contribution in [0.4, 0.5) is 5.69 Å². The first-order chi connectivity index (χ1) is 10.4. The van der Waals surface area contributed by atoms with Crippen molar-refractivity contribution in [2.24, 2.45) is 0 Å². The van der Waals surface area contributed by atoms with Gasteiger partial charge in [-0.05, 0) is 37.6 Å². The Balaban J connectivity index is 2.47. The third-order valence-corrected chi connectivity index (χ3v) is 3.57. The Labute approximate surface area is 131 Å². The molecule has 0 atom stereocenters. The van der Waals surface area contributed by atoms with Gasteiger partial charge in [0.05, 0.1) is 0 Å². The van der Waals surface area contributed by atoms with E-state index in [0.29, 0.717) is 11.1 Å². The van der Waals surface area contributed by atoms with Crippen LogP contribution < -0.4 is 4.90 Å². The molecule has 0 aliphatic heterocycles. The number of rotatable bonds is 4. The van der Waals surface area contributed by atoms with Gasteiger partial charge in [0.15, 0.2) is 5.78 Å². The molecule has 0 saturated carbocycles. The fraction of sp³-hybridized carbons (Fsp3) is 0.211. The minimum Gasteiger partial charge on any atom is -0.507 e. The summed E-state index contributed by atoms with van der Waals surface area (Å²) in [6.07, 6.45) is 1.74. The lowest BCUT2D eigenvalue weighted by molar-refractivity contribution is -0.111. The standard InChI is InChI=1S/C19H21NO2/c1-13-5-7-15(8-6-13)18(14(2)21)11-16-9-10-17(20(3)4)12-19(16)22/h5-12,22H,1-4H3. The van der Waals surface area contributed by atoms with Gasteiger partial charge in [0.1, 0.15) is 5.75 Å². The van der Waals surface area contributed by atoms with E-state index in [1.54, 1.807) is 12.1 Å². The van der Waals surface area contributed by atoms with E-state index in [9.17, 15) is 9.90 Å². The van der Waals surface area contributed by atoms with E-state index in [2.05, 4.69) is 0 Å². The second-order valence-electron chi connectivity index (χ2n) is 5.62. The van der Waals surface area contributed by atoms with Crippen LogP contribution in [0.3, 0.4) is 0 Å². The summed E-state index contributed by atoms with van der Waals surface area (Å²) in [5, 5.41) is 10.2. The molecule has 0 fully saturated rings. The van der Waals surface area contributed by atoms with Gasteiger partial charge < -0.3 is 10.0 Å². The highest BCUT2D eigenvalue weighted by atomic mass is 16.3. The fourth-order valence-electron chi connectivity index (χ4n) is 2.21. The molecule has 114 valence electrons. The topological polar surface area (TPSA) is 40.5 Å². The number of carbonyl (C=O) groups is 1. The van der Waals surface area contributed by atoms with Crippen molar-refractivity contribution in [1.82, 2.24) is 0 Å². The Kier molecular flexibility index (Phi) is 4.66. The maximum atomic E-state index is 12.0. The fourth-order valence-corrected chi connectivity index (χ4v) is 2.21. The van der Waals surface area contributed by atoms with Gasteiger partial charge in [0.25, 0.3) is 0 Å². The Morgan fingerprint density at radius 1 is 1.09 bits per heavy atom. The summed E-state index contributed by atoms with van der Waals surface area (Å²) in [6, 6.07) is 13.2. The van der Waals surface area contributed by atoms with Crippen molar-refractivity contribution in [3.8, 4) is 5.75 Å². The Morgan fingerprint density at radius 2 is 1.73 bits per heavy atom. The van der Waals surface area contributed by atoms with E-state index in [4.69, 9.17) is 0 Å². The largest absolute Gasteiger partial charge is 0.507 e. The van der Waals surface area contributed by atoms with Crippen molar-refractivity contribution < 1.29 is 9.90 Å². The van der Waals surface area contributed by atoms with Crippen LogP contribution in [-0.4, -0.2) is 25.0 Å². The molecule has 0 bridgehead atoms. The van der Waals surface area contributed by atoms with Gasteiger partial charge in [-0.15, -0.1) is 0 Å². The molecule has 2 aromatic carbocycles. The van der Waals surface area contributed by atoms with Crippen molar-refractivity contribution in [1.29, 1.82) is 0 Å². The van der Waals surface area contributed by atoms with E-state index in [1.807, 2.05) is 62.3 Å². The lowest BCUT2D eigenvalue weighted by Crippen LogP contribution is -2.08. The molecule has 0 aliphatic carbocycles.